The third-order valence-corrected chi connectivity index (χ3v) is 3.59. The van der Waals surface area contributed by atoms with Crippen molar-refractivity contribution < 1.29 is 19.0 Å². The van der Waals surface area contributed by atoms with Crippen LogP contribution in [0, 0.1) is 0 Å². The van der Waals surface area contributed by atoms with Crippen LogP contribution in [-0.2, 0) is 4.79 Å². The summed E-state index contributed by atoms with van der Waals surface area (Å²) in [5.74, 6) is 2.25. The number of nitrogens with zero attached hydrogens (tertiary/aromatic N) is 1. The van der Waals surface area contributed by atoms with E-state index in [0.29, 0.717) is 13.2 Å². The monoisotopic (exact) mass is 344 g/mol. The Labute approximate surface area is 148 Å². The van der Waals surface area contributed by atoms with Gasteiger partial charge in [-0.05, 0) is 55.6 Å². The molecule has 0 bridgehead atoms. The Hall–Kier alpha value is -2.73. The lowest BCUT2D eigenvalue weighted by atomic mass is 10.3. The first-order valence-corrected chi connectivity index (χ1v) is 8.00. The minimum absolute atomic E-state index is 0.0721. The van der Waals surface area contributed by atoms with Gasteiger partial charge in [0.25, 0.3) is 0 Å². The molecule has 0 saturated carbocycles. The van der Waals surface area contributed by atoms with Crippen LogP contribution in [0.4, 0.5) is 5.69 Å². The van der Waals surface area contributed by atoms with Crippen molar-refractivity contribution in [3.05, 3.63) is 48.5 Å². The summed E-state index contributed by atoms with van der Waals surface area (Å²) >= 11 is 0. The number of nitrogens with one attached hydrogen (secondary N) is 1. The molecule has 2 aromatic rings. The average Bonchev–Trinajstić information content (AvgIpc) is 2.63. The van der Waals surface area contributed by atoms with E-state index >= 15 is 0 Å². The summed E-state index contributed by atoms with van der Waals surface area (Å²) in [6, 6.07) is 14.6. The highest BCUT2D eigenvalue weighted by Crippen LogP contribution is 2.17. The average molecular weight is 344 g/mol. The van der Waals surface area contributed by atoms with E-state index in [4.69, 9.17) is 14.2 Å². The molecule has 0 fully saturated rings. The maximum atomic E-state index is 12.0. The predicted molar refractivity (Wildman–Crippen MR) is 97.6 cm³/mol. The van der Waals surface area contributed by atoms with Crippen molar-refractivity contribution in [1.29, 1.82) is 0 Å². The summed E-state index contributed by atoms with van der Waals surface area (Å²) in [7, 11) is 5.11. The summed E-state index contributed by atoms with van der Waals surface area (Å²) in [5, 5.41) is 2.85. The van der Waals surface area contributed by atoms with Crippen LogP contribution in [0.15, 0.2) is 48.5 Å². The van der Waals surface area contributed by atoms with Crippen molar-refractivity contribution in [3.8, 4) is 17.2 Å². The van der Waals surface area contributed by atoms with E-state index in [9.17, 15) is 4.79 Å². The molecule has 0 atom stereocenters. The van der Waals surface area contributed by atoms with E-state index in [0.717, 1.165) is 22.9 Å². The zero-order valence-electron chi connectivity index (χ0n) is 14.8. The molecule has 0 aliphatic rings. The van der Waals surface area contributed by atoms with Gasteiger partial charge < -0.3 is 19.5 Å². The van der Waals surface area contributed by atoms with Gasteiger partial charge in [0.05, 0.1) is 20.8 Å². The lowest BCUT2D eigenvalue weighted by molar-refractivity contribution is -0.117. The first kappa shape index (κ1) is 18.6. The third kappa shape index (κ3) is 6.35. The summed E-state index contributed by atoms with van der Waals surface area (Å²) < 4.78 is 15.9. The van der Waals surface area contributed by atoms with E-state index in [1.165, 1.54) is 0 Å². The second-order valence-corrected chi connectivity index (χ2v) is 5.54. The van der Waals surface area contributed by atoms with Gasteiger partial charge in [-0.25, -0.2) is 0 Å². The molecule has 0 aromatic heterocycles. The van der Waals surface area contributed by atoms with Crippen LogP contribution in [0.25, 0.3) is 0 Å². The van der Waals surface area contributed by atoms with Crippen LogP contribution in [0.1, 0.15) is 0 Å². The molecule has 134 valence electrons. The molecule has 0 aliphatic heterocycles. The highest BCUT2D eigenvalue weighted by Gasteiger charge is 2.07. The van der Waals surface area contributed by atoms with Crippen LogP contribution < -0.4 is 19.5 Å². The van der Waals surface area contributed by atoms with Crippen LogP contribution in [-0.4, -0.2) is 51.8 Å². The van der Waals surface area contributed by atoms with E-state index < -0.39 is 0 Å². The number of methoxy groups -OCH3 is 2. The molecule has 1 N–H and O–H groups in total. The Balaban J connectivity index is 1.69. The molecule has 6 nitrogen and oxygen atoms in total. The molecular weight excluding hydrogens is 320 g/mol. The van der Waals surface area contributed by atoms with E-state index in [1.807, 2.05) is 60.5 Å². The van der Waals surface area contributed by atoms with E-state index in [1.54, 1.807) is 14.2 Å². The fourth-order valence-corrected chi connectivity index (χ4v) is 2.19. The SMILES string of the molecule is COc1ccc(NC(=O)CN(C)CCOc2ccc(OC)cc2)cc1. The zero-order chi connectivity index (χ0) is 18.1. The summed E-state index contributed by atoms with van der Waals surface area (Å²) in [6.07, 6.45) is 0. The zero-order valence-corrected chi connectivity index (χ0v) is 14.8. The quantitative estimate of drug-likeness (QED) is 0.758. The first-order chi connectivity index (χ1) is 12.1. The molecule has 0 radical (unpaired) electrons. The van der Waals surface area contributed by atoms with Gasteiger partial charge in [0, 0.05) is 12.2 Å². The topological polar surface area (TPSA) is 60.0 Å². The number of amides is 1. The molecule has 1 amide bonds. The van der Waals surface area contributed by atoms with Crippen molar-refractivity contribution in [1.82, 2.24) is 4.90 Å². The van der Waals surface area contributed by atoms with Gasteiger partial charge in [0.15, 0.2) is 0 Å². The molecule has 25 heavy (non-hydrogen) atoms. The summed E-state index contributed by atoms with van der Waals surface area (Å²) in [6.45, 7) is 1.43. The van der Waals surface area contributed by atoms with Crippen molar-refractivity contribution >= 4 is 11.6 Å². The van der Waals surface area contributed by atoms with Crippen molar-refractivity contribution in [3.63, 3.8) is 0 Å². The van der Waals surface area contributed by atoms with Gasteiger partial charge in [0.2, 0.25) is 5.91 Å². The van der Waals surface area contributed by atoms with E-state index in [2.05, 4.69) is 5.32 Å². The normalized spacial score (nSPS) is 10.4. The highest BCUT2D eigenvalue weighted by molar-refractivity contribution is 5.92. The van der Waals surface area contributed by atoms with Gasteiger partial charge in [-0.15, -0.1) is 0 Å². The standard InChI is InChI=1S/C19H24N2O4/c1-21(12-13-25-18-10-8-17(24-3)9-11-18)14-19(22)20-15-4-6-16(23-2)7-5-15/h4-11H,12-14H2,1-3H3,(H,20,22). The van der Waals surface area contributed by atoms with Crippen molar-refractivity contribution in [2.45, 2.75) is 0 Å². The second kappa shape index (κ2) is 9.54. The fraction of sp³-hybridized carbons (Fsp3) is 0.316. The number of hydrogen-bond acceptors (Lipinski definition) is 5. The number of benzene rings is 2. The molecule has 6 heteroatoms. The summed E-state index contributed by atoms with van der Waals surface area (Å²) in [4.78, 5) is 13.9. The molecule has 0 unspecified atom stereocenters. The van der Waals surface area contributed by atoms with Crippen LogP contribution >= 0.6 is 0 Å². The minimum atomic E-state index is -0.0721. The van der Waals surface area contributed by atoms with Crippen molar-refractivity contribution in [2.24, 2.45) is 0 Å². The Bertz CT molecular complexity index is 656. The molecule has 0 heterocycles. The van der Waals surface area contributed by atoms with Crippen molar-refractivity contribution in [2.75, 3.05) is 46.3 Å². The minimum Gasteiger partial charge on any atom is -0.497 e. The number of ether oxygens (including phenoxy) is 3. The molecular formula is C19H24N2O4. The number of likely N-dealkylation sites (N-methyl/N-ethyl adjacent to an activating group) is 1. The van der Waals surface area contributed by atoms with Gasteiger partial charge in [-0.3, -0.25) is 9.69 Å². The number of anilines is 1. The van der Waals surface area contributed by atoms with Gasteiger partial charge in [-0.1, -0.05) is 0 Å². The lowest BCUT2D eigenvalue weighted by Crippen LogP contribution is -2.33. The highest BCUT2D eigenvalue weighted by atomic mass is 16.5. The predicted octanol–water partition coefficient (Wildman–Crippen LogP) is 2.65. The number of hydrogen-bond donors (Lipinski definition) is 1. The molecule has 2 rings (SSSR count). The van der Waals surface area contributed by atoms with Crippen LogP contribution in [0.2, 0.25) is 0 Å². The van der Waals surface area contributed by atoms with Crippen LogP contribution in [0.3, 0.4) is 0 Å². The largest absolute Gasteiger partial charge is 0.497 e. The Morgan fingerprint density at radius 3 is 2.00 bits per heavy atom. The lowest BCUT2D eigenvalue weighted by Gasteiger charge is -2.17. The van der Waals surface area contributed by atoms with Gasteiger partial charge in [0.1, 0.15) is 23.9 Å². The maximum Gasteiger partial charge on any atom is 0.238 e. The second-order valence-electron chi connectivity index (χ2n) is 5.54. The third-order valence-electron chi connectivity index (χ3n) is 3.59. The molecule has 0 spiro atoms. The Kier molecular flexibility index (Phi) is 7.10. The number of carbonyl (C=O) groups excluding carboxylic acids is 1. The van der Waals surface area contributed by atoms with E-state index in [-0.39, 0.29) is 12.5 Å². The molecule has 0 aliphatic carbocycles. The Morgan fingerprint density at radius 2 is 1.44 bits per heavy atom. The Morgan fingerprint density at radius 1 is 0.920 bits per heavy atom. The smallest absolute Gasteiger partial charge is 0.238 e. The van der Waals surface area contributed by atoms with Crippen LogP contribution in [0.5, 0.6) is 17.2 Å². The maximum absolute atomic E-state index is 12.0. The molecule has 2 aromatic carbocycles. The number of carbonyl (C=O) groups is 1. The number of rotatable bonds is 9. The fourth-order valence-electron chi connectivity index (χ4n) is 2.19. The molecule has 0 saturated heterocycles. The summed E-state index contributed by atoms with van der Waals surface area (Å²) in [5.41, 5.74) is 0.744. The van der Waals surface area contributed by atoms with Gasteiger partial charge >= 0.3 is 0 Å². The first-order valence-electron chi connectivity index (χ1n) is 8.00. The van der Waals surface area contributed by atoms with Gasteiger partial charge in [-0.2, -0.15) is 0 Å².